The Morgan fingerprint density at radius 2 is 1.67 bits per heavy atom. The highest BCUT2D eigenvalue weighted by molar-refractivity contribution is 6.55. The molecule has 1 aromatic carbocycles. The van der Waals surface area contributed by atoms with Gasteiger partial charge in [-0.1, -0.05) is 18.2 Å². The van der Waals surface area contributed by atoms with E-state index in [0.717, 1.165) is 16.7 Å². The van der Waals surface area contributed by atoms with Gasteiger partial charge in [0.25, 0.3) is 0 Å². The van der Waals surface area contributed by atoms with Crippen molar-refractivity contribution in [3.63, 3.8) is 0 Å². The molecule has 114 valence electrons. The van der Waals surface area contributed by atoms with Gasteiger partial charge in [0.2, 0.25) is 0 Å². The summed E-state index contributed by atoms with van der Waals surface area (Å²) >= 11 is 0. The third-order valence-electron chi connectivity index (χ3n) is 4.22. The molecule has 1 saturated heterocycles. The quantitative estimate of drug-likeness (QED) is 0.448. The first-order valence-corrected chi connectivity index (χ1v) is 7.12. The molecule has 1 aliphatic heterocycles. The van der Waals surface area contributed by atoms with Gasteiger partial charge in [-0.2, -0.15) is 0 Å². The fourth-order valence-electron chi connectivity index (χ4n) is 2.11. The van der Waals surface area contributed by atoms with Gasteiger partial charge in [0.15, 0.2) is 0 Å². The van der Waals surface area contributed by atoms with Crippen LogP contribution in [0.2, 0.25) is 0 Å². The van der Waals surface area contributed by atoms with Crippen LogP contribution in [0.25, 0.3) is 6.08 Å². The molecule has 0 atom stereocenters. The van der Waals surface area contributed by atoms with Gasteiger partial charge in [0, 0.05) is 12.2 Å². The van der Waals surface area contributed by atoms with E-state index in [1.165, 1.54) is 0 Å². The smallest absolute Gasteiger partial charge is 0.400 e. The van der Waals surface area contributed by atoms with Gasteiger partial charge >= 0.3 is 7.12 Å². The maximum absolute atomic E-state index is 6.03. The van der Waals surface area contributed by atoms with Gasteiger partial charge in [-0.15, -0.1) is 0 Å². The van der Waals surface area contributed by atoms with Crippen molar-refractivity contribution in [3.8, 4) is 0 Å². The number of anilines is 1. The van der Waals surface area contributed by atoms with Crippen molar-refractivity contribution < 1.29 is 9.31 Å². The normalized spacial score (nSPS) is 20.7. The first kappa shape index (κ1) is 16.0. The van der Waals surface area contributed by atoms with Gasteiger partial charge in [-0.3, -0.25) is 5.84 Å². The molecule has 0 bridgehead atoms. The number of hydrogen-bond acceptors (Lipinski definition) is 5. The average Bonchev–Trinajstić information content (AvgIpc) is 2.65. The Hall–Kier alpha value is -1.34. The van der Waals surface area contributed by atoms with Crippen LogP contribution >= 0.6 is 0 Å². The van der Waals surface area contributed by atoms with Crippen LogP contribution in [0.4, 0.5) is 5.69 Å². The molecule has 0 saturated carbocycles. The largest absolute Gasteiger partial charge is 0.491 e. The summed E-state index contributed by atoms with van der Waals surface area (Å²) in [4.78, 5) is 0. The van der Waals surface area contributed by atoms with E-state index in [9.17, 15) is 0 Å². The maximum Gasteiger partial charge on any atom is 0.491 e. The Balaban J connectivity index is 2.22. The van der Waals surface area contributed by atoms with Gasteiger partial charge in [-0.25, -0.2) is 0 Å². The second kappa shape index (κ2) is 5.81. The Bertz CT molecular complexity index is 510. The predicted molar refractivity (Wildman–Crippen MR) is 87.4 cm³/mol. The minimum atomic E-state index is -0.410. The Morgan fingerprint density at radius 1 is 1.14 bits per heavy atom. The van der Waals surface area contributed by atoms with Crippen LogP contribution in [0.15, 0.2) is 29.7 Å². The summed E-state index contributed by atoms with van der Waals surface area (Å²) in [5.41, 5.74) is 10.6. The van der Waals surface area contributed by atoms with Crippen LogP contribution in [0.1, 0.15) is 33.3 Å². The van der Waals surface area contributed by atoms with E-state index >= 15 is 0 Å². The van der Waals surface area contributed by atoms with Crippen molar-refractivity contribution in [3.05, 3.63) is 35.3 Å². The van der Waals surface area contributed by atoms with Gasteiger partial charge in [-0.05, 0) is 50.9 Å². The zero-order valence-electron chi connectivity index (χ0n) is 13.1. The highest BCUT2D eigenvalue weighted by Gasteiger charge is 2.52. The maximum atomic E-state index is 6.03. The number of nitrogen functional groups attached to an aromatic ring is 1. The van der Waals surface area contributed by atoms with Crippen LogP contribution in [0, 0.1) is 0 Å². The Labute approximate surface area is 126 Å². The number of nitrogens with two attached hydrogens (primary N) is 2. The summed E-state index contributed by atoms with van der Waals surface area (Å²) in [6, 6.07) is 7.75. The highest BCUT2D eigenvalue weighted by Crippen LogP contribution is 2.38. The first-order valence-electron chi connectivity index (χ1n) is 7.12. The minimum absolute atomic E-state index is 0.362. The van der Waals surface area contributed by atoms with E-state index < -0.39 is 7.12 Å². The third-order valence-corrected chi connectivity index (χ3v) is 4.22. The summed E-state index contributed by atoms with van der Waals surface area (Å²) in [6.45, 7) is 8.51. The molecule has 0 aromatic heterocycles. The van der Waals surface area contributed by atoms with Crippen molar-refractivity contribution in [2.75, 3.05) is 12.0 Å². The fourth-order valence-corrected chi connectivity index (χ4v) is 2.11. The van der Waals surface area contributed by atoms with Crippen LogP contribution in [0.5, 0.6) is 0 Å². The Morgan fingerprint density at radius 3 is 2.10 bits per heavy atom. The lowest BCUT2D eigenvalue weighted by Crippen LogP contribution is -2.41. The summed E-state index contributed by atoms with van der Waals surface area (Å²) < 4.78 is 12.1. The summed E-state index contributed by atoms with van der Waals surface area (Å²) in [5.74, 6) is 5.36. The van der Waals surface area contributed by atoms with E-state index in [-0.39, 0.29) is 11.2 Å². The van der Waals surface area contributed by atoms with Gasteiger partial charge in [0.1, 0.15) is 0 Å². The number of benzene rings is 1. The molecule has 5 nitrogen and oxygen atoms in total. The molecule has 1 aromatic rings. The molecule has 1 fully saturated rings. The van der Waals surface area contributed by atoms with Crippen molar-refractivity contribution in [1.82, 2.24) is 0 Å². The van der Waals surface area contributed by atoms with E-state index in [4.69, 9.17) is 20.9 Å². The van der Waals surface area contributed by atoms with E-state index in [1.54, 1.807) is 0 Å². The predicted octanol–water partition coefficient (Wildman–Crippen LogP) is 1.95. The lowest BCUT2D eigenvalue weighted by Gasteiger charge is -2.32. The molecule has 0 radical (unpaired) electrons. The molecule has 21 heavy (non-hydrogen) atoms. The van der Waals surface area contributed by atoms with Crippen molar-refractivity contribution >= 4 is 18.9 Å². The lowest BCUT2D eigenvalue weighted by atomic mass is 9.77. The zero-order valence-corrected chi connectivity index (χ0v) is 13.1. The molecular formula is C15H24BN3O2. The summed E-state index contributed by atoms with van der Waals surface area (Å²) in [6.07, 6.45) is 2.00. The molecule has 0 unspecified atom stereocenters. The molecule has 0 spiro atoms. The molecular weight excluding hydrogens is 265 g/mol. The number of rotatable bonds is 4. The minimum Gasteiger partial charge on any atom is -0.400 e. The molecule has 1 heterocycles. The summed E-state index contributed by atoms with van der Waals surface area (Å²) in [7, 11) is -0.410. The van der Waals surface area contributed by atoms with E-state index in [2.05, 4.69) is 5.43 Å². The number of hydrogen-bond donors (Lipinski definition) is 3. The monoisotopic (exact) mass is 289 g/mol. The molecule has 1 aliphatic rings. The van der Waals surface area contributed by atoms with Crippen molar-refractivity contribution in [2.45, 2.75) is 38.9 Å². The third kappa shape index (κ3) is 3.29. The van der Waals surface area contributed by atoms with Crippen molar-refractivity contribution in [2.24, 2.45) is 11.6 Å². The van der Waals surface area contributed by atoms with Crippen LogP contribution in [0.3, 0.4) is 0 Å². The number of nitrogens with one attached hydrogen (secondary N) is 1. The second-order valence-corrected chi connectivity index (χ2v) is 6.28. The SMILES string of the molecule is CC1(C)OB(C(=Cc2ccc(NN)cc2)CN)OC1(C)C. The molecule has 5 N–H and O–H groups in total. The summed E-state index contributed by atoms with van der Waals surface area (Å²) in [5, 5.41) is 0. The van der Waals surface area contributed by atoms with Crippen LogP contribution < -0.4 is 17.0 Å². The average molecular weight is 289 g/mol. The van der Waals surface area contributed by atoms with E-state index in [0.29, 0.717) is 6.54 Å². The molecule has 0 amide bonds. The Kier molecular flexibility index (Phi) is 4.44. The van der Waals surface area contributed by atoms with E-state index in [1.807, 2.05) is 58.0 Å². The highest BCUT2D eigenvalue weighted by atomic mass is 16.7. The molecule has 6 heteroatoms. The van der Waals surface area contributed by atoms with Gasteiger partial charge in [0.05, 0.1) is 11.2 Å². The molecule has 2 rings (SSSR count). The fraction of sp³-hybridized carbons (Fsp3) is 0.467. The lowest BCUT2D eigenvalue weighted by molar-refractivity contribution is 0.00578. The van der Waals surface area contributed by atoms with Crippen LogP contribution in [-0.2, 0) is 9.31 Å². The second-order valence-electron chi connectivity index (χ2n) is 6.28. The first-order chi connectivity index (χ1) is 9.79. The van der Waals surface area contributed by atoms with Gasteiger partial charge < -0.3 is 20.5 Å². The van der Waals surface area contributed by atoms with Crippen LogP contribution in [-0.4, -0.2) is 24.9 Å². The standard InChI is InChI=1S/C15H24BN3O2/c1-14(2)15(3,4)21-16(20-14)12(10-17)9-11-5-7-13(19-18)8-6-11/h5-9,19H,10,17-18H2,1-4H3. The van der Waals surface area contributed by atoms with Crippen molar-refractivity contribution in [1.29, 1.82) is 0 Å². The number of hydrazine groups is 1. The molecule has 0 aliphatic carbocycles. The zero-order chi connectivity index (χ0) is 15.7. The topological polar surface area (TPSA) is 82.5 Å².